The van der Waals surface area contributed by atoms with Crippen LogP contribution in [0.3, 0.4) is 0 Å². The zero-order valence-corrected chi connectivity index (χ0v) is 26.6. The van der Waals surface area contributed by atoms with Gasteiger partial charge in [-0.2, -0.15) is 9.97 Å². The van der Waals surface area contributed by atoms with Crippen molar-refractivity contribution < 1.29 is 13.9 Å². The second-order valence-corrected chi connectivity index (χ2v) is 12.7. The smallest absolute Gasteiger partial charge is 0.318 e. The molecule has 9 nitrogen and oxygen atoms in total. The fourth-order valence-corrected chi connectivity index (χ4v) is 6.94. The lowest BCUT2D eigenvalue weighted by molar-refractivity contribution is -0.131. The normalized spacial score (nSPS) is 19.2. The highest BCUT2D eigenvalue weighted by Crippen LogP contribution is 2.37. The third-order valence-electron chi connectivity index (χ3n) is 9.57. The van der Waals surface area contributed by atoms with E-state index in [0.717, 1.165) is 40.1 Å². The van der Waals surface area contributed by atoms with Crippen LogP contribution >= 0.6 is 11.6 Å². The predicted octanol–water partition coefficient (Wildman–Crippen LogP) is 5.52. The molecule has 1 saturated carbocycles. The zero-order chi connectivity index (χ0) is 31.7. The van der Waals surface area contributed by atoms with E-state index in [1.165, 1.54) is 24.2 Å². The van der Waals surface area contributed by atoms with Crippen LogP contribution in [-0.4, -0.2) is 90.2 Å². The molecular formula is C34H39ClFN7O2. The number of hydrogen-bond acceptors (Lipinski definition) is 7. The van der Waals surface area contributed by atoms with E-state index in [2.05, 4.69) is 58.3 Å². The fraction of sp³-hybridized carbons (Fsp3) is 0.471. The number of benzene rings is 2. The summed E-state index contributed by atoms with van der Waals surface area (Å²) in [4.78, 5) is 34.2. The number of halogens is 2. The van der Waals surface area contributed by atoms with E-state index >= 15 is 0 Å². The monoisotopic (exact) mass is 631 g/mol. The molecule has 0 bridgehead atoms. The molecule has 1 amide bonds. The van der Waals surface area contributed by atoms with Gasteiger partial charge in [-0.15, -0.1) is 0 Å². The summed E-state index contributed by atoms with van der Waals surface area (Å²) in [5.74, 6) is -1.01. The Hall–Kier alpha value is -3.94. The van der Waals surface area contributed by atoms with Crippen LogP contribution in [0, 0.1) is 6.57 Å². The molecule has 3 aromatic rings. The van der Waals surface area contributed by atoms with Gasteiger partial charge in [0.1, 0.15) is 18.5 Å². The lowest BCUT2D eigenvalue weighted by atomic mass is 9.91. The first kappa shape index (κ1) is 31.1. The van der Waals surface area contributed by atoms with Gasteiger partial charge in [-0.1, -0.05) is 48.9 Å². The van der Waals surface area contributed by atoms with Crippen molar-refractivity contribution in [3.8, 4) is 6.01 Å². The number of hydrogen-bond donors (Lipinski definition) is 0. The number of rotatable bonds is 9. The Morgan fingerprint density at radius 1 is 1.20 bits per heavy atom. The number of nitrogens with zero attached hydrogens (tertiary/aromatic N) is 7. The van der Waals surface area contributed by atoms with E-state index in [4.69, 9.17) is 32.9 Å². The summed E-state index contributed by atoms with van der Waals surface area (Å²) in [5.41, 5.74) is 2.96. The number of amides is 1. The molecule has 1 aliphatic carbocycles. The van der Waals surface area contributed by atoms with Crippen LogP contribution < -0.4 is 14.5 Å². The average molecular weight is 632 g/mol. The maximum atomic E-state index is 13.8. The number of ether oxygens (including phenoxy) is 1. The van der Waals surface area contributed by atoms with Gasteiger partial charge in [0.2, 0.25) is 6.54 Å². The van der Waals surface area contributed by atoms with Gasteiger partial charge in [0, 0.05) is 54.9 Å². The SMILES string of the molecule is [C-]#[N+]CC1CN(c2nc(OC[C@H](C)N(C)C3CCC3)nc3c2CCN(c2cccc4cccc(Cl)c24)C3)CCN1C(=O)C(=C)F. The molecule has 2 atom stereocenters. The molecule has 2 aromatic carbocycles. The highest BCUT2D eigenvalue weighted by atomic mass is 35.5. The van der Waals surface area contributed by atoms with E-state index in [-0.39, 0.29) is 19.1 Å². The van der Waals surface area contributed by atoms with Crippen LogP contribution in [0.5, 0.6) is 6.01 Å². The Morgan fingerprint density at radius 2 is 1.98 bits per heavy atom. The number of piperazine rings is 1. The molecule has 1 saturated heterocycles. The van der Waals surface area contributed by atoms with Crippen LogP contribution in [0.15, 0.2) is 48.8 Å². The molecule has 45 heavy (non-hydrogen) atoms. The second kappa shape index (κ2) is 13.2. The van der Waals surface area contributed by atoms with Crippen molar-refractivity contribution in [3.63, 3.8) is 0 Å². The van der Waals surface area contributed by atoms with Crippen LogP contribution in [-0.2, 0) is 17.8 Å². The Balaban J connectivity index is 1.32. The molecule has 6 rings (SSSR count). The lowest BCUT2D eigenvalue weighted by Crippen LogP contribution is -2.57. The summed E-state index contributed by atoms with van der Waals surface area (Å²) in [6, 6.07) is 12.8. The first-order valence-electron chi connectivity index (χ1n) is 15.7. The number of carbonyl (C=O) groups is 1. The number of anilines is 2. The zero-order valence-electron chi connectivity index (χ0n) is 25.9. The van der Waals surface area contributed by atoms with Crippen molar-refractivity contribution in [2.75, 3.05) is 56.2 Å². The second-order valence-electron chi connectivity index (χ2n) is 12.3. The van der Waals surface area contributed by atoms with E-state index < -0.39 is 17.8 Å². The van der Waals surface area contributed by atoms with Gasteiger partial charge >= 0.3 is 6.01 Å². The topological polar surface area (TPSA) is 69.4 Å². The van der Waals surface area contributed by atoms with Crippen LogP contribution in [0.2, 0.25) is 5.02 Å². The Kier molecular flexibility index (Phi) is 9.11. The van der Waals surface area contributed by atoms with Gasteiger partial charge in [0.05, 0.1) is 17.3 Å². The van der Waals surface area contributed by atoms with Gasteiger partial charge < -0.3 is 24.3 Å². The lowest BCUT2D eigenvalue weighted by Gasteiger charge is -2.41. The van der Waals surface area contributed by atoms with Gasteiger partial charge in [0.25, 0.3) is 5.91 Å². The molecule has 1 unspecified atom stereocenters. The van der Waals surface area contributed by atoms with Crippen molar-refractivity contribution in [1.82, 2.24) is 19.8 Å². The van der Waals surface area contributed by atoms with Gasteiger partial charge in [-0.25, -0.2) is 11.0 Å². The first-order chi connectivity index (χ1) is 21.7. The summed E-state index contributed by atoms with van der Waals surface area (Å²) >= 11 is 6.70. The molecule has 1 aromatic heterocycles. The third-order valence-corrected chi connectivity index (χ3v) is 9.89. The molecule has 3 aliphatic rings. The van der Waals surface area contributed by atoms with E-state index in [1.807, 2.05) is 18.2 Å². The quantitative estimate of drug-likeness (QED) is 0.228. The molecule has 236 valence electrons. The fourth-order valence-electron chi connectivity index (χ4n) is 6.66. The summed E-state index contributed by atoms with van der Waals surface area (Å²) in [7, 11) is 2.15. The standard InChI is InChI=1S/C34H39ClFN7O2/c1-22(40(4)25-10-7-11-25)21-45-34-38-29-20-41(30-13-6-9-24-8-5-12-28(35)31(24)30)15-14-27(29)32(39-34)42-16-17-43(33(44)23(2)36)26(19-42)18-37-3/h5-6,8-9,12-13,22,25-26H,2,7,10-11,14-21H2,1,4H3/t22-,26?/m0/s1. The van der Waals surface area contributed by atoms with Crippen LogP contribution in [0.1, 0.15) is 37.4 Å². The molecule has 3 heterocycles. The maximum absolute atomic E-state index is 13.8. The molecule has 2 aliphatic heterocycles. The largest absolute Gasteiger partial charge is 0.462 e. The minimum absolute atomic E-state index is 0.0623. The third kappa shape index (κ3) is 6.29. The molecule has 0 N–H and O–H groups in total. The minimum Gasteiger partial charge on any atom is -0.462 e. The van der Waals surface area contributed by atoms with Crippen LogP contribution in [0.25, 0.3) is 15.6 Å². The van der Waals surface area contributed by atoms with Crippen LogP contribution in [0.4, 0.5) is 15.9 Å². The highest BCUT2D eigenvalue weighted by molar-refractivity contribution is 6.36. The Morgan fingerprint density at radius 3 is 2.69 bits per heavy atom. The van der Waals surface area contributed by atoms with Gasteiger partial charge in [-0.3, -0.25) is 9.69 Å². The number of carbonyl (C=O) groups excluding carboxylic acids is 1. The van der Waals surface area contributed by atoms with E-state index in [1.54, 1.807) is 0 Å². The Labute approximate surface area is 269 Å². The van der Waals surface area contributed by atoms with E-state index in [9.17, 15) is 9.18 Å². The molecule has 11 heteroatoms. The van der Waals surface area contributed by atoms with Crippen molar-refractivity contribution >= 4 is 39.8 Å². The first-order valence-corrected chi connectivity index (χ1v) is 16.0. The van der Waals surface area contributed by atoms with Gasteiger partial charge in [-0.05, 0) is 50.8 Å². The average Bonchev–Trinajstić information content (AvgIpc) is 3.01. The number of likely N-dealkylation sites (N-methyl/N-ethyl adjacent to an activating group) is 1. The number of aromatic nitrogens is 2. The maximum Gasteiger partial charge on any atom is 0.318 e. The van der Waals surface area contributed by atoms with Crippen molar-refractivity contribution in [2.24, 2.45) is 0 Å². The van der Waals surface area contributed by atoms with Crippen molar-refractivity contribution in [3.05, 3.63) is 76.5 Å². The number of fused-ring (bicyclic) bond motifs is 2. The summed E-state index contributed by atoms with van der Waals surface area (Å²) < 4.78 is 20.1. The van der Waals surface area contributed by atoms with Gasteiger partial charge in [0.15, 0.2) is 5.83 Å². The highest BCUT2D eigenvalue weighted by Gasteiger charge is 2.36. The molecule has 2 fully saturated rings. The van der Waals surface area contributed by atoms with Crippen molar-refractivity contribution in [1.29, 1.82) is 0 Å². The minimum atomic E-state index is -1.01. The van der Waals surface area contributed by atoms with Crippen molar-refractivity contribution in [2.45, 2.75) is 57.3 Å². The summed E-state index contributed by atoms with van der Waals surface area (Å²) in [6.45, 7) is 15.7. The van der Waals surface area contributed by atoms with E-state index in [0.29, 0.717) is 49.7 Å². The predicted molar refractivity (Wildman–Crippen MR) is 176 cm³/mol. The molecular weight excluding hydrogens is 593 g/mol. The summed E-state index contributed by atoms with van der Waals surface area (Å²) in [5, 5.41) is 2.80. The summed E-state index contributed by atoms with van der Waals surface area (Å²) in [6.07, 6.45) is 4.39. The molecule has 0 spiro atoms. The molecule has 0 radical (unpaired) electrons. The Bertz CT molecular complexity index is 1640.